The van der Waals surface area contributed by atoms with E-state index in [-0.39, 0.29) is 5.41 Å². The first-order chi connectivity index (χ1) is 30.0. The summed E-state index contributed by atoms with van der Waals surface area (Å²) in [6.45, 7) is 4.70. The molecule has 61 heavy (non-hydrogen) atoms. The van der Waals surface area contributed by atoms with Gasteiger partial charge in [-0.3, -0.25) is 0 Å². The van der Waals surface area contributed by atoms with E-state index in [1.807, 2.05) is 0 Å². The molecule has 0 saturated heterocycles. The molecule has 0 spiro atoms. The predicted octanol–water partition coefficient (Wildman–Crippen LogP) is 16.7. The Hall–Kier alpha value is -7.68. The van der Waals surface area contributed by atoms with Gasteiger partial charge in [-0.1, -0.05) is 178 Å². The molecular weight excluding hydrogens is 739 g/mol. The van der Waals surface area contributed by atoms with E-state index in [9.17, 15) is 0 Å². The lowest BCUT2D eigenvalue weighted by Crippen LogP contribution is -2.16. The summed E-state index contributed by atoms with van der Waals surface area (Å²) >= 11 is 0. The first kappa shape index (κ1) is 35.3. The van der Waals surface area contributed by atoms with Gasteiger partial charge in [-0.05, 0) is 120 Å². The summed E-state index contributed by atoms with van der Waals surface area (Å²) in [4.78, 5) is 2.40. The van der Waals surface area contributed by atoms with E-state index in [4.69, 9.17) is 4.42 Å². The highest BCUT2D eigenvalue weighted by molar-refractivity contribution is 6.23. The van der Waals surface area contributed by atoms with Crippen molar-refractivity contribution in [2.45, 2.75) is 19.3 Å². The summed E-state index contributed by atoms with van der Waals surface area (Å²) in [7, 11) is 0. The topological polar surface area (TPSA) is 16.4 Å². The summed E-state index contributed by atoms with van der Waals surface area (Å²) in [6.07, 6.45) is 0. The van der Waals surface area contributed by atoms with E-state index in [2.05, 4.69) is 231 Å². The number of hydrogen-bond acceptors (Lipinski definition) is 2. The summed E-state index contributed by atoms with van der Waals surface area (Å²) < 4.78 is 6.79. The lowest BCUT2D eigenvalue weighted by molar-refractivity contribution is 0.660. The molecule has 2 heteroatoms. The zero-order valence-electron chi connectivity index (χ0n) is 34.1. The Balaban J connectivity index is 1.01. The molecule has 0 unspecified atom stereocenters. The molecular formula is C59H41NO. The van der Waals surface area contributed by atoms with Crippen LogP contribution in [0, 0.1) is 0 Å². The Morgan fingerprint density at radius 1 is 0.361 bits per heavy atom. The van der Waals surface area contributed by atoms with Gasteiger partial charge in [-0.15, -0.1) is 0 Å². The van der Waals surface area contributed by atoms with Crippen LogP contribution in [0.4, 0.5) is 17.1 Å². The van der Waals surface area contributed by atoms with Crippen molar-refractivity contribution in [2.75, 3.05) is 4.90 Å². The van der Waals surface area contributed by atoms with E-state index in [1.54, 1.807) is 0 Å². The van der Waals surface area contributed by atoms with Crippen LogP contribution < -0.4 is 4.90 Å². The molecule has 0 atom stereocenters. The fourth-order valence-electron chi connectivity index (χ4n) is 10.1. The van der Waals surface area contributed by atoms with Gasteiger partial charge in [-0.25, -0.2) is 0 Å². The summed E-state index contributed by atoms with van der Waals surface area (Å²) in [6, 6.07) is 77.3. The molecule has 0 saturated carbocycles. The average molecular weight is 780 g/mol. The lowest BCUT2D eigenvalue weighted by atomic mass is 9.82. The Labute approximate surface area is 355 Å². The molecule has 288 valence electrons. The Morgan fingerprint density at radius 3 is 1.74 bits per heavy atom. The smallest absolute Gasteiger partial charge is 0.143 e. The highest BCUT2D eigenvalue weighted by Gasteiger charge is 2.35. The largest absolute Gasteiger partial charge is 0.455 e. The van der Waals surface area contributed by atoms with Gasteiger partial charge in [0.15, 0.2) is 0 Å². The van der Waals surface area contributed by atoms with Crippen molar-refractivity contribution in [1.82, 2.24) is 0 Å². The van der Waals surface area contributed by atoms with Gasteiger partial charge in [0, 0.05) is 38.6 Å². The fraction of sp³-hybridized carbons (Fsp3) is 0.0508. The Morgan fingerprint density at radius 2 is 0.934 bits per heavy atom. The molecule has 11 aromatic rings. The highest BCUT2D eigenvalue weighted by atomic mass is 16.3. The highest BCUT2D eigenvalue weighted by Crippen LogP contribution is 2.51. The summed E-state index contributed by atoms with van der Waals surface area (Å²) in [5.41, 5.74) is 17.5. The molecule has 1 aromatic heterocycles. The second-order valence-electron chi connectivity index (χ2n) is 16.8. The minimum Gasteiger partial charge on any atom is -0.455 e. The molecule has 1 aliphatic carbocycles. The van der Waals surface area contributed by atoms with Crippen LogP contribution in [0.3, 0.4) is 0 Å². The van der Waals surface area contributed by atoms with Gasteiger partial charge >= 0.3 is 0 Å². The van der Waals surface area contributed by atoms with Gasteiger partial charge in [0.2, 0.25) is 0 Å². The maximum Gasteiger partial charge on any atom is 0.143 e. The van der Waals surface area contributed by atoms with Crippen molar-refractivity contribution in [3.63, 3.8) is 0 Å². The quantitative estimate of drug-likeness (QED) is 0.167. The van der Waals surface area contributed by atoms with Gasteiger partial charge in [0.25, 0.3) is 0 Å². The number of anilines is 3. The maximum absolute atomic E-state index is 6.79. The fourth-order valence-corrected chi connectivity index (χ4v) is 10.1. The van der Waals surface area contributed by atoms with Crippen LogP contribution in [-0.2, 0) is 5.41 Å². The second kappa shape index (κ2) is 13.7. The summed E-state index contributed by atoms with van der Waals surface area (Å²) in [5.74, 6) is 0. The van der Waals surface area contributed by atoms with Gasteiger partial charge in [0.1, 0.15) is 11.2 Å². The van der Waals surface area contributed by atoms with Crippen LogP contribution >= 0.6 is 0 Å². The van der Waals surface area contributed by atoms with E-state index in [1.165, 1.54) is 60.7 Å². The Bertz CT molecular complexity index is 3480. The molecule has 0 fully saturated rings. The minimum atomic E-state index is -0.112. The zero-order valence-corrected chi connectivity index (χ0v) is 34.1. The first-order valence-corrected chi connectivity index (χ1v) is 21.2. The lowest BCUT2D eigenvalue weighted by Gasteiger charge is -2.28. The molecule has 0 bridgehead atoms. The predicted molar refractivity (Wildman–Crippen MR) is 257 cm³/mol. The number of rotatable bonds is 6. The third-order valence-electron chi connectivity index (χ3n) is 13.1. The normalized spacial score (nSPS) is 12.9. The number of hydrogen-bond donors (Lipinski definition) is 0. The zero-order chi connectivity index (χ0) is 40.7. The average Bonchev–Trinajstić information content (AvgIpc) is 3.81. The second-order valence-corrected chi connectivity index (χ2v) is 16.8. The van der Waals surface area contributed by atoms with Crippen LogP contribution in [0.2, 0.25) is 0 Å². The molecule has 1 aliphatic rings. The van der Waals surface area contributed by atoms with Crippen molar-refractivity contribution in [3.8, 4) is 44.5 Å². The molecule has 12 rings (SSSR count). The van der Waals surface area contributed by atoms with Crippen LogP contribution in [0.1, 0.15) is 25.0 Å². The monoisotopic (exact) mass is 779 g/mol. The van der Waals surface area contributed by atoms with Crippen LogP contribution in [0.15, 0.2) is 217 Å². The van der Waals surface area contributed by atoms with Crippen molar-refractivity contribution < 1.29 is 4.42 Å². The van der Waals surface area contributed by atoms with Crippen LogP contribution in [0.5, 0.6) is 0 Å². The van der Waals surface area contributed by atoms with Gasteiger partial charge in [0.05, 0.1) is 0 Å². The molecule has 1 heterocycles. The summed E-state index contributed by atoms with van der Waals surface area (Å²) in [5, 5.41) is 7.04. The van der Waals surface area contributed by atoms with Crippen molar-refractivity contribution >= 4 is 60.5 Å². The Kier molecular flexibility index (Phi) is 7.92. The maximum atomic E-state index is 6.79. The van der Waals surface area contributed by atoms with Gasteiger partial charge in [-0.2, -0.15) is 0 Å². The molecule has 0 radical (unpaired) electrons. The third kappa shape index (κ3) is 5.56. The molecule has 0 amide bonds. The van der Waals surface area contributed by atoms with E-state index >= 15 is 0 Å². The first-order valence-electron chi connectivity index (χ1n) is 21.2. The van der Waals surface area contributed by atoms with Crippen LogP contribution in [0.25, 0.3) is 88.0 Å². The van der Waals surface area contributed by atoms with Crippen LogP contribution in [-0.4, -0.2) is 0 Å². The minimum absolute atomic E-state index is 0.112. The number of benzene rings is 10. The molecule has 0 aliphatic heterocycles. The molecule has 2 nitrogen and oxygen atoms in total. The SMILES string of the molecule is CC1(C)c2ccccc2-c2ccc(N(c3ccc(-c4ccccc4)cc3)c3ccc(-c4cccc5oc6c7ccccc7c(-c7cccc8ccccc78)cc6c45)cc3)cc21. The van der Waals surface area contributed by atoms with E-state index in [0.717, 1.165) is 55.5 Å². The number of nitrogens with zero attached hydrogens (tertiary/aromatic N) is 1. The van der Waals surface area contributed by atoms with Crippen molar-refractivity contribution in [2.24, 2.45) is 0 Å². The van der Waals surface area contributed by atoms with Crippen molar-refractivity contribution in [1.29, 1.82) is 0 Å². The number of furan rings is 1. The van der Waals surface area contributed by atoms with Crippen molar-refractivity contribution in [3.05, 3.63) is 223 Å². The third-order valence-corrected chi connectivity index (χ3v) is 13.1. The van der Waals surface area contributed by atoms with E-state index in [0.29, 0.717) is 0 Å². The molecule has 10 aromatic carbocycles. The van der Waals surface area contributed by atoms with E-state index < -0.39 is 0 Å². The molecule has 0 N–H and O–H groups in total. The van der Waals surface area contributed by atoms with Gasteiger partial charge < -0.3 is 9.32 Å². The standard InChI is InChI=1S/C59H41NO/c1-59(2)54-24-11-10-20-49(54)50-35-34-44(36-55(50)59)60(42-30-26-39(27-31-42)38-14-4-3-5-15-38)43-32-28-41(29-33-43)46-22-13-25-56-57(46)53-37-52(48-19-8-9-21-51(48)58(53)61-56)47-23-12-17-40-16-6-7-18-45(40)47/h3-37H,1-2H3. The number of fused-ring (bicyclic) bond motifs is 9.